The summed E-state index contributed by atoms with van der Waals surface area (Å²) in [5, 5.41) is 2.89. The largest absolute Gasteiger partial charge is 0.418 e. The molecule has 0 aliphatic rings. The molecule has 0 bridgehead atoms. The quantitative estimate of drug-likeness (QED) is 0.498. The third kappa shape index (κ3) is 3.57. The van der Waals surface area contributed by atoms with Crippen molar-refractivity contribution < 1.29 is 26.4 Å². The summed E-state index contributed by atoms with van der Waals surface area (Å²) in [6.07, 6.45) is -0.739. The summed E-state index contributed by atoms with van der Waals surface area (Å²) in [4.78, 5) is 15.4. The van der Waals surface area contributed by atoms with E-state index in [4.69, 9.17) is 0 Å². The molecular weight excluding hydrogens is 419 g/mol. The highest BCUT2D eigenvalue weighted by molar-refractivity contribution is 7.90. The second-order valence-electron chi connectivity index (χ2n) is 6.46. The maximum atomic E-state index is 13.1. The van der Waals surface area contributed by atoms with Gasteiger partial charge in [0.05, 0.1) is 21.7 Å². The van der Waals surface area contributed by atoms with Gasteiger partial charge in [-0.1, -0.05) is 12.1 Å². The first-order valence-electron chi connectivity index (χ1n) is 8.64. The summed E-state index contributed by atoms with van der Waals surface area (Å²) in [6.45, 7) is 0. The number of amides is 1. The number of carbonyl (C=O) groups is 1. The first-order chi connectivity index (χ1) is 14.2. The van der Waals surface area contributed by atoms with Crippen molar-refractivity contribution >= 4 is 32.5 Å². The van der Waals surface area contributed by atoms with Crippen LogP contribution in [0.4, 0.5) is 18.9 Å². The highest BCUT2D eigenvalue weighted by Gasteiger charge is 2.33. The normalized spacial score (nSPS) is 12.2. The van der Waals surface area contributed by atoms with Crippen LogP contribution in [0.2, 0.25) is 0 Å². The lowest BCUT2D eigenvalue weighted by Gasteiger charge is -2.13. The Balaban J connectivity index is 1.62. The molecule has 2 N–H and O–H groups in total. The highest BCUT2D eigenvalue weighted by Crippen LogP contribution is 2.34. The molecule has 0 spiro atoms. The molecule has 4 rings (SSSR count). The van der Waals surface area contributed by atoms with Crippen LogP contribution in [0.1, 0.15) is 15.9 Å². The summed E-state index contributed by atoms with van der Waals surface area (Å²) in [7, 11) is -3.98. The number of aromatic amines is 1. The smallest absolute Gasteiger partial charge is 0.361 e. The Morgan fingerprint density at radius 1 is 1.03 bits per heavy atom. The van der Waals surface area contributed by atoms with E-state index >= 15 is 0 Å². The fourth-order valence-electron chi connectivity index (χ4n) is 3.01. The predicted octanol–water partition coefficient (Wildman–Crippen LogP) is 4.48. The van der Waals surface area contributed by atoms with E-state index in [1.165, 1.54) is 36.5 Å². The molecule has 4 aromatic rings. The minimum absolute atomic E-state index is 0.0135. The van der Waals surface area contributed by atoms with E-state index in [-0.39, 0.29) is 10.5 Å². The number of aromatic nitrogens is 2. The number of halogens is 3. The average Bonchev–Trinajstić information content (AvgIpc) is 3.37. The number of anilines is 1. The number of fused-ring (bicyclic) bond motifs is 1. The summed E-state index contributed by atoms with van der Waals surface area (Å²) < 4.78 is 65.9. The number of carbonyl (C=O) groups excluding carboxylic acids is 1. The van der Waals surface area contributed by atoms with Crippen molar-refractivity contribution in [3.8, 4) is 0 Å². The van der Waals surface area contributed by atoms with Crippen LogP contribution in [0.25, 0.3) is 10.9 Å². The molecule has 0 saturated carbocycles. The third-order valence-corrected chi connectivity index (χ3v) is 6.14. The van der Waals surface area contributed by atoms with Crippen LogP contribution in [-0.4, -0.2) is 23.3 Å². The lowest BCUT2D eigenvalue weighted by Crippen LogP contribution is -2.16. The zero-order valence-corrected chi connectivity index (χ0v) is 16.0. The summed E-state index contributed by atoms with van der Waals surface area (Å²) in [5.74, 6) is -0.860. The summed E-state index contributed by atoms with van der Waals surface area (Å²) in [6, 6.07) is 12.0. The molecule has 2 aromatic heterocycles. The van der Waals surface area contributed by atoms with Crippen LogP contribution < -0.4 is 5.32 Å². The first kappa shape index (κ1) is 19.8. The Labute approximate surface area is 169 Å². The van der Waals surface area contributed by atoms with Crippen molar-refractivity contribution in [3.63, 3.8) is 0 Å². The van der Waals surface area contributed by atoms with Gasteiger partial charge in [-0.2, -0.15) is 13.2 Å². The van der Waals surface area contributed by atoms with Crippen LogP contribution in [-0.2, 0) is 16.2 Å². The van der Waals surface area contributed by atoms with E-state index in [0.717, 1.165) is 27.8 Å². The zero-order chi connectivity index (χ0) is 21.5. The van der Waals surface area contributed by atoms with Gasteiger partial charge in [0, 0.05) is 29.5 Å². The molecular formula is C20H14F3N3O3S. The molecule has 6 nitrogen and oxygen atoms in total. The maximum Gasteiger partial charge on any atom is 0.418 e. The monoisotopic (exact) mass is 433 g/mol. The number of nitrogens with zero attached hydrogens (tertiary/aromatic N) is 1. The van der Waals surface area contributed by atoms with Crippen LogP contribution >= 0.6 is 0 Å². The van der Waals surface area contributed by atoms with Crippen molar-refractivity contribution in [3.05, 3.63) is 84.3 Å². The number of alkyl halides is 3. The second kappa shape index (κ2) is 7.06. The van der Waals surface area contributed by atoms with E-state index in [1.54, 1.807) is 18.3 Å². The van der Waals surface area contributed by atoms with E-state index < -0.39 is 33.4 Å². The minimum atomic E-state index is -4.64. The molecule has 2 heterocycles. The van der Waals surface area contributed by atoms with Crippen LogP contribution in [0.15, 0.2) is 78.1 Å². The van der Waals surface area contributed by atoms with Gasteiger partial charge in [-0.15, -0.1) is 0 Å². The molecule has 0 aliphatic carbocycles. The Hall–Kier alpha value is -3.53. The van der Waals surface area contributed by atoms with Crippen molar-refractivity contribution in [2.75, 3.05) is 5.32 Å². The topological polar surface area (TPSA) is 84.0 Å². The van der Waals surface area contributed by atoms with Crippen molar-refractivity contribution in [1.82, 2.24) is 8.96 Å². The van der Waals surface area contributed by atoms with Gasteiger partial charge in [-0.3, -0.25) is 4.79 Å². The van der Waals surface area contributed by atoms with Crippen molar-refractivity contribution in [1.29, 1.82) is 0 Å². The molecule has 0 aliphatic heterocycles. The van der Waals surface area contributed by atoms with Gasteiger partial charge in [0.25, 0.3) is 15.9 Å². The molecule has 1 amide bonds. The third-order valence-electron chi connectivity index (χ3n) is 4.51. The van der Waals surface area contributed by atoms with E-state index in [9.17, 15) is 26.4 Å². The highest BCUT2D eigenvalue weighted by atomic mass is 32.2. The van der Waals surface area contributed by atoms with Gasteiger partial charge in [0.2, 0.25) is 0 Å². The van der Waals surface area contributed by atoms with Crippen LogP contribution in [0, 0.1) is 0 Å². The number of para-hydroxylation sites is 1. The van der Waals surface area contributed by atoms with Gasteiger partial charge in [-0.25, -0.2) is 12.4 Å². The molecule has 2 aromatic carbocycles. The Morgan fingerprint density at radius 3 is 2.57 bits per heavy atom. The van der Waals surface area contributed by atoms with E-state index in [0.29, 0.717) is 5.39 Å². The lowest BCUT2D eigenvalue weighted by atomic mass is 10.1. The minimum Gasteiger partial charge on any atom is -0.361 e. The van der Waals surface area contributed by atoms with Crippen LogP contribution in [0.5, 0.6) is 0 Å². The molecule has 0 fully saturated rings. The van der Waals surface area contributed by atoms with Crippen molar-refractivity contribution in [2.45, 2.75) is 11.1 Å². The molecule has 154 valence electrons. The fourth-order valence-corrected chi connectivity index (χ4v) is 4.24. The Bertz CT molecular complexity index is 1350. The molecule has 0 unspecified atom stereocenters. The molecule has 0 saturated heterocycles. The maximum absolute atomic E-state index is 13.1. The fraction of sp³-hybridized carbons (Fsp3) is 0.0500. The molecule has 0 radical (unpaired) electrons. The van der Waals surface area contributed by atoms with E-state index in [1.807, 2.05) is 0 Å². The molecule has 0 atom stereocenters. The zero-order valence-electron chi connectivity index (χ0n) is 15.1. The van der Waals surface area contributed by atoms with Gasteiger partial charge in [0.1, 0.15) is 0 Å². The van der Waals surface area contributed by atoms with Gasteiger partial charge < -0.3 is 10.3 Å². The standard InChI is InChI=1S/C20H14F3N3O3S/c21-20(22,23)16-3-1-2-4-18(16)25-19(27)14-8-10-26(12-14)30(28,29)15-5-6-17-13(11-15)7-9-24-17/h1-12,24H,(H,25,27). The van der Waals surface area contributed by atoms with Gasteiger partial charge in [0.15, 0.2) is 0 Å². The first-order valence-corrected chi connectivity index (χ1v) is 10.1. The van der Waals surface area contributed by atoms with E-state index in [2.05, 4.69) is 10.3 Å². The number of H-pyrrole nitrogens is 1. The average molecular weight is 433 g/mol. The summed E-state index contributed by atoms with van der Waals surface area (Å²) >= 11 is 0. The lowest BCUT2D eigenvalue weighted by molar-refractivity contribution is -0.136. The Kier molecular flexibility index (Phi) is 4.65. The van der Waals surface area contributed by atoms with Crippen LogP contribution in [0.3, 0.4) is 0 Å². The number of hydrogen-bond acceptors (Lipinski definition) is 3. The number of hydrogen-bond donors (Lipinski definition) is 2. The van der Waals surface area contributed by atoms with Crippen molar-refractivity contribution in [2.24, 2.45) is 0 Å². The SMILES string of the molecule is O=C(Nc1ccccc1C(F)(F)F)c1ccn(S(=O)(=O)c2ccc3[nH]ccc3c2)c1. The predicted molar refractivity (Wildman–Crippen MR) is 105 cm³/mol. The van der Waals surface area contributed by atoms with Gasteiger partial charge in [-0.05, 0) is 42.5 Å². The number of benzene rings is 2. The number of rotatable bonds is 4. The molecule has 30 heavy (non-hydrogen) atoms. The second-order valence-corrected chi connectivity index (χ2v) is 8.30. The Morgan fingerprint density at radius 2 is 1.80 bits per heavy atom. The number of nitrogens with one attached hydrogen (secondary N) is 2. The molecule has 10 heteroatoms. The summed E-state index contributed by atoms with van der Waals surface area (Å²) in [5.41, 5.74) is -0.739. The van der Waals surface area contributed by atoms with Gasteiger partial charge >= 0.3 is 6.18 Å².